The van der Waals surface area contributed by atoms with E-state index < -0.39 is 6.29 Å². The molecule has 0 rings (SSSR count). The molecule has 1 atom stereocenters. The predicted molar refractivity (Wildman–Crippen MR) is 37.2 cm³/mol. The molecule has 0 heterocycles. The van der Waals surface area contributed by atoms with Crippen LogP contribution in [0, 0.1) is 0 Å². The maximum atomic E-state index is 8.86. The lowest BCUT2D eigenvalue weighted by Crippen LogP contribution is -2.07. The van der Waals surface area contributed by atoms with Gasteiger partial charge >= 0.3 is 0 Å². The van der Waals surface area contributed by atoms with Gasteiger partial charge in [-0.1, -0.05) is 19.8 Å². The van der Waals surface area contributed by atoms with Crippen LogP contribution in [0.15, 0.2) is 0 Å². The van der Waals surface area contributed by atoms with Crippen LogP contribution in [0.3, 0.4) is 0 Å². The Morgan fingerprint density at radius 2 is 2.11 bits per heavy atom. The van der Waals surface area contributed by atoms with E-state index in [4.69, 9.17) is 5.11 Å². The fraction of sp³-hybridized carbons (Fsp3) is 1.00. The highest BCUT2D eigenvalue weighted by molar-refractivity contribution is 4.41. The molecule has 0 aliphatic carbocycles. The van der Waals surface area contributed by atoms with Crippen molar-refractivity contribution in [2.45, 2.75) is 38.9 Å². The molecule has 0 saturated heterocycles. The quantitative estimate of drug-likeness (QED) is 0.454. The smallest absolute Gasteiger partial charge is 0.154 e. The third kappa shape index (κ3) is 5.80. The van der Waals surface area contributed by atoms with Gasteiger partial charge in [0.05, 0.1) is 0 Å². The van der Waals surface area contributed by atoms with Gasteiger partial charge in [0, 0.05) is 7.11 Å². The standard InChI is InChI=1S/C7H16O2/c1-3-4-5-6-7(8)9-2/h7-8H,3-6H2,1-2H3/t7-/m0/s1. The largest absolute Gasteiger partial charge is 0.368 e. The van der Waals surface area contributed by atoms with Crippen molar-refractivity contribution in [1.82, 2.24) is 0 Å². The Labute approximate surface area is 56.8 Å². The second kappa shape index (κ2) is 6.05. The number of aliphatic hydroxyl groups is 1. The van der Waals surface area contributed by atoms with Gasteiger partial charge in [-0.3, -0.25) is 0 Å². The predicted octanol–water partition coefficient (Wildman–Crippen LogP) is 1.53. The van der Waals surface area contributed by atoms with Crippen molar-refractivity contribution in [3.63, 3.8) is 0 Å². The van der Waals surface area contributed by atoms with E-state index in [1.165, 1.54) is 20.0 Å². The average Bonchev–Trinajstić information content (AvgIpc) is 1.89. The van der Waals surface area contributed by atoms with Crippen molar-refractivity contribution < 1.29 is 9.84 Å². The summed E-state index contributed by atoms with van der Waals surface area (Å²) in [5.74, 6) is 0. The lowest BCUT2D eigenvalue weighted by molar-refractivity contribution is -0.0792. The van der Waals surface area contributed by atoms with Crippen molar-refractivity contribution in [2.75, 3.05) is 7.11 Å². The molecule has 0 aromatic carbocycles. The zero-order valence-electron chi connectivity index (χ0n) is 6.26. The molecule has 0 spiro atoms. The van der Waals surface area contributed by atoms with E-state index >= 15 is 0 Å². The number of rotatable bonds is 5. The topological polar surface area (TPSA) is 29.5 Å². The van der Waals surface area contributed by atoms with Crippen LogP contribution < -0.4 is 0 Å². The molecule has 0 unspecified atom stereocenters. The molecule has 0 fully saturated rings. The number of hydrogen-bond acceptors (Lipinski definition) is 2. The van der Waals surface area contributed by atoms with Crippen LogP contribution in [-0.2, 0) is 4.74 Å². The molecular formula is C7H16O2. The first-order valence-electron chi connectivity index (χ1n) is 3.52. The van der Waals surface area contributed by atoms with Crippen molar-refractivity contribution in [3.8, 4) is 0 Å². The van der Waals surface area contributed by atoms with E-state index in [2.05, 4.69) is 11.7 Å². The van der Waals surface area contributed by atoms with Crippen LogP contribution in [0.2, 0.25) is 0 Å². The van der Waals surface area contributed by atoms with E-state index in [-0.39, 0.29) is 0 Å². The van der Waals surface area contributed by atoms with Crippen LogP contribution in [0.25, 0.3) is 0 Å². The van der Waals surface area contributed by atoms with Crippen molar-refractivity contribution in [2.24, 2.45) is 0 Å². The third-order valence-corrected chi connectivity index (χ3v) is 1.33. The molecule has 0 aromatic heterocycles. The van der Waals surface area contributed by atoms with Crippen molar-refractivity contribution in [1.29, 1.82) is 0 Å². The summed E-state index contributed by atoms with van der Waals surface area (Å²) in [4.78, 5) is 0. The van der Waals surface area contributed by atoms with E-state index in [9.17, 15) is 0 Å². The maximum Gasteiger partial charge on any atom is 0.154 e. The molecule has 56 valence electrons. The summed E-state index contributed by atoms with van der Waals surface area (Å²) in [5, 5.41) is 8.86. The van der Waals surface area contributed by atoms with Crippen molar-refractivity contribution >= 4 is 0 Å². The molecular weight excluding hydrogens is 116 g/mol. The molecule has 0 amide bonds. The lowest BCUT2D eigenvalue weighted by Gasteiger charge is -2.05. The molecule has 0 bridgehead atoms. The van der Waals surface area contributed by atoms with E-state index in [1.54, 1.807) is 0 Å². The van der Waals surface area contributed by atoms with Gasteiger partial charge in [-0.15, -0.1) is 0 Å². The number of hydrogen-bond donors (Lipinski definition) is 1. The second-order valence-corrected chi connectivity index (χ2v) is 2.19. The van der Waals surface area contributed by atoms with Crippen LogP contribution in [0.4, 0.5) is 0 Å². The summed E-state index contributed by atoms with van der Waals surface area (Å²) >= 11 is 0. The van der Waals surface area contributed by atoms with Gasteiger partial charge in [-0.25, -0.2) is 0 Å². The van der Waals surface area contributed by atoms with E-state index in [0.717, 1.165) is 12.8 Å². The Bertz CT molecular complexity index is 54.9. The molecule has 9 heavy (non-hydrogen) atoms. The summed E-state index contributed by atoms with van der Waals surface area (Å²) < 4.78 is 4.65. The molecule has 0 aromatic rings. The Morgan fingerprint density at radius 3 is 2.56 bits per heavy atom. The normalized spacial score (nSPS) is 13.7. The first kappa shape index (κ1) is 8.92. The van der Waals surface area contributed by atoms with E-state index in [1.807, 2.05) is 0 Å². The van der Waals surface area contributed by atoms with Crippen LogP contribution in [0.5, 0.6) is 0 Å². The fourth-order valence-electron chi connectivity index (χ4n) is 0.687. The first-order valence-corrected chi connectivity index (χ1v) is 3.52. The van der Waals surface area contributed by atoms with Crippen LogP contribution >= 0.6 is 0 Å². The minimum atomic E-state index is -0.545. The molecule has 2 heteroatoms. The molecule has 1 N–H and O–H groups in total. The minimum Gasteiger partial charge on any atom is -0.368 e. The number of aliphatic hydroxyl groups excluding tert-OH is 1. The summed E-state index contributed by atoms with van der Waals surface area (Å²) in [6.07, 6.45) is 3.66. The van der Waals surface area contributed by atoms with Crippen LogP contribution in [-0.4, -0.2) is 18.5 Å². The van der Waals surface area contributed by atoms with Gasteiger partial charge in [0.25, 0.3) is 0 Å². The van der Waals surface area contributed by atoms with Gasteiger partial charge in [0.15, 0.2) is 6.29 Å². The molecule has 0 aliphatic heterocycles. The Morgan fingerprint density at radius 1 is 1.44 bits per heavy atom. The number of unbranched alkanes of at least 4 members (excludes halogenated alkanes) is 2. The Kier molecular flexibility index (Phi) is 5.99. The number of ether oxygens (including phenoxy) is 1. The van der Waals surface area contributed by atoms with Gasteiger partial charge in [0.2, 0.25) is 0 Å². The highest BCUT2D eigenvalue weighted by atomic mass is 16.6. The monoisotopic (exact) mass is 132 g/mol. The maximum absolute atomic E-state index is 8.86. The van der Waals surface area contributed by atoms with E-state index in [0.29, 0.717) is 0 Å². The molecule has 0 saturated carbocycles. The summed E-state index contributed by atoms with van der Waals surface area (Å²) in [7, 11) is 1.52. The van der Waals surface area contributed by atoms with Gasteiger partial charge in [0.1, 0.15) is 0 Å². The Hall–Kier alpha value is -0.0800. The number of methoxy groups -OCH3 is 1. The summed E-state index contributed by atoms with van der Waals surface area (Å²) in [6.45, 7) is 2.14. The lowest BCUT2D eigenvalue weighted by atomic mass is 10.2. The second-order valence-electron chi connectivity index (χ2n) is 2.19. The third-order valence-electron chi connectivity index (χ3n) is 1.33. The first-order chi connectivity index (χ1) is 4.31. The SMILES string of the molecule is CCCCC[C@@H](O)OC. The fourth-order valence-corrected chi connectivity index (χ4v) is 0.687. The zero-order chi connectivity index (χ0) is 7.11. The van der Waals surface area contributed by atoms with Crippen molar-refractivity contribution in [3.05, 3.63) is 0 Å². The minimum absolute atomic E-state index is 0.545. The van der Waals surface area contributed by atoms with Gasteiger partial charge in [-0.05, 0) is 12.8 Å². The van der Waals surface area contributed by atoms with Gasteiger partial charge in [-0.2, -0.15) is 0 Å². The average molecular weight is 132 g/mol. The highest BCUT2D eigenvalue weighted by Gasteiger charge is 1.97. The highest BCUT2D eigenvalue weighted by Crippen LogP contribution is 2.02. The van der Waals surface area contributed by atoms with Crippen LogP contribution in [0.1, 0.15) is 32.6 Å². The Balaban J connectivity index is 2.88. The zero-order valence-corrected chi connectivity index (χ0v) is 6.26. The molecule has 2 nitrogen and oxygen atoms in total. The van der Waals surface area contributed by atoms with Gasteiger partial charge < -0.3 is 9.84 Å². The molecule has 0 aliphatic rings. The molecule has 0 radical (unpaired) electrons. The summed E-state index contributed by atoms with van der Waals surface area (Å²) in [6, 6.07) is 0. The summed E-state index contributed by atoms with van der Waals surface area (Å²) in [5.41, 5.74) is 0.